The van der Waals surface area contributed by atoms with Crippen molar-refractivity contribution in [3.8, 4) is 0 Å². The number of amides is 4. The minimum atomic E-state index is -0.585. The number of likely N-dealkylation sites (N-methyl/N-ethyl adjacent to an activating group) is 2. The summed E-state index contributed by atoms with van der Waals surface area (Å²) in [4.78, 5) is 61.9. The van der Waals surface area contributed by atoms with Crippen LogP contribution in [0.3, 0.4) is 0 Å². The maximum Gasteiger partial charge on any atom is 0.242 e. The average Bonchev–Trinajstić information content (AvgIpc) is 3.84. The van der Waals surface area contributed by atoms with E-state index < -0.39 is 30.2 Å². The Bertz CT molecular complexity index is 1380. The Hall–Kier alpha value is -3.39. The predicted molar refractivity (Wildman–Crippen MR) is 200 cm³/mol. The normalized spacial score (nSPS) is 18.7. The molecule has 1 aliphatic heterocycles. The lowest BCUT2D eigenvalue weighted by Gasteiger charge is -2.39. The molecule has 0 saturated carbocycles. The fourth-order valence-corrected chi connectivity index (χ4v) is 7.94. The summed E-state index contributed by atoms with van der Waals surface area (Å²) in [6.45, 7) is 10.2. The first-order valence-corrected chi connectivity index (χ1v) is 19.1. The molecule has 13 heteroatoms. The molecule has 3 N–H and O–H groups in total. The fourth-order valence-electron chi connectivity index (χ4n) is 7.25. The van der Waals surface area contributed by atoms with Crippen molar-refractivity contribution < 1.29 is 28.7 Å². The number of ether oxygens (including phenoxy) is 2. The van der Waals surface area contributed by atoms with Crippen LogP contribution in [-0.4, -0.2) is 110 Å². The number of thiazole rings is 1. The average molecular weight is 729 g/mol. The summed E-state index contributed by atoms with van der Waals surface area (Å²) in [5.41, 5.74) is 1.09. The highest BCUT2D eigenvalue weighted by Gasteiger charge is 2.42. The van der Waals surface area contributed by atoms with Gasteiger partial charge in [0.2, 0.25) is 23.6 Å². The van der Waals surface area contributed by atoms with Gasteiger partial charge in [-0.25, -0.2) is 4.98 Å². The Labute approximate surface area is 308 Å². The Morgan fingerprint density at radius 2 is 1.76 bits per heavy atom. The largest absolute Gasteiger partial charge is 0.379 e. The van der Waals surface area contributed by atoms with E-state index in [-0.39, 0.29) is 60.5 Å². The number of nitrogens with one attached hydrogen (secondary N) is 3. The molecular weight excluding hydrogens is 669 g/mol. The minimum absolute atomic E-state index is 0.0135. The molecule has 1 unspecified atom stereocenters. The second-order valence-electron chi connectivity index (χ2n) is 14.0. The second kappa shape index (κ2) is 20.6. The summed E-state index contributed by atoms with van der Waals surface area (Å²) in [6.07, 6.45) is 3.54. The smallest absolute Gasteiger partial charge is 0.242 e. The summed E-state index contributed by atoms with van der Waals surface area (Å²) in [5, 5.41) is 11.7. The third-order valence-electron chi connectivity index (χ3n) is 10.3. The van der Waals surface area contributed by atoms with E-state index in [1.807, 2.05) is 75.2 Å². The Balaban J connectivity index is 1.72. The van der Waals surface area contributed by atoms with E-state index in [0.29, 0.717) is 19.4 Å². The molecule has 12 nitrogen and oxygen atoms in total. The maximum absolute atomic E-state index is 14.1. The van der Waals surface area contributed by atoms with Gasteiger partial charge in [0.25, 0.3) is 0 Å². The molecule has 51 heavy (non-hydrogen) atoms. The molecule has 3 rings (SSSR count). The molecule has 1 fully saturated rings. The predicted octanol–water partition coefficient (Wildman–Crippen LogP) is 3.82. The number of likely N-dealkylation sites (tertiary alicyclic amines) is 1. The molecular formula is C38H60N6O6S. The van der Waals surface area contributed by atoms with Crippen LogP contribution in [0.5, 0.6) is 0 Å². The van der Waals surface area contributed by atoms with E-state index in [9.17, 15) is 19.2 Å². The first-order valence-electron chi connectivity index (χ1n) is 18.2. The van der Waals surface area contributed by atoms with Crippen molar-refractivity contribution >= 4 is 35.0 Å². The highest BCUT2D eigenvalue weighted by atomic mass is 32.1. The van der Waals surface area contributed by atoms with E-state index >= 15 is 0 Å². The van der Waals surface area contributed by atoms with Crippen LogP contribution < -0.4 is 16.0 Å². The lowest BCUT2D eigenvalue weighted by molar-refractivity contribution is -0.146. The number of methoxy groups -OCH3 is 2. The van der Waals surface area contributed by atoms with Gasteiger partial charge < -0.3 is 35.2 Å². The molecule has 4 amide bonds. The number of nitrogens with zero attached hydrogens (tertiary/aromatic N) is 3. The molecule has 0 spiro atoms. The standard InChI is InChI=1S/C38H60N6O6S/c1-10-25(4)34(43(7)32(46)23-41-37(48)33(39-6)24(2)3)30(49-8)22-31(45)44-19-14-17-29(44)35(50-9)26(5)36(47)42-28(38-40-18-20-51-38)21-27-15-12-11-13-16-27/h11-13,15-16,18,20,24-26,28-30,33-35,39H,10,14,17,19,21-23H2,1-9H3,(H,41,48)(H,42,47)/t25?,26-,28+,29+,30-,33+,34+,35-/m1/s1. The number of carbonyl (C=O) groups excluding carboxylic acids is 4. The van der Waals surface area contributed by atoms with Crippen molar-refractivity contribution in [2.24, 2.45) is 17.8 Å². The van der Waals surface area contributed by atoms with Crippen LogP contribution in [0.1, 0.15) is 76.9 Å². The lowest BCUT2D eigenvalue weighted by Crippen LogP contribution is -2.55. The number of rotatable bonds is 20. The molecule has 1 saturated heterocycles. The number of benzene rings is 1. The third-order valence-corrected chi connectivity index (χ3v) is 11.2. The van der Waals surface area contributed by atoms with E-state index in [0.717, 1.165) is 23.4 Å². The number of hydrogen-bond acceptors (Lipinski definition) is 9. The molecule has 0 radical (unpaired) electrons. The van der Waals surface area contributed by atoms with Crippen molar-refractivity contribution in [2.45, 2.75) is 103 Å². The number of carbonyl (C=O) groups is 4. The number of hydrogen-bond donors (Lipinski definition) is 3. The van der Waals surface area contributed by atoms with Crippen LogP contribution in [0.25, 0.3) is 0 Å². The summed E-state index contributed by atoms with van der Waals surface area (Å²) in [7, 11) is 6.58. The van der Waals surface area contributed by atoms with Gasteiger partial charge in [-0.2, -0.15) is 0 Å². The molecule has 2 heterocycles. The minimum Gasteiger partial charge on any atom is -0.379 e. The van der Waals surface area contributed by atoms with Gasteiger partial charge in [-0.15, -0.1) is 11.3 Å². The van der Waals surface area contributed by atoms with Gasteiger partial charge in [-0.3, -0.25) is 19.2 Å². The Morgan fingerprint density at radius 3 is 2.33 bits per heavy atom. The van der Waals surface area contributed by atoms with E-state index in [1.54, 1.807) is 39.4 Å². The Morgan fingerprint density at radius 1 is 1.06 bits per heavy atom. The summed E-state index contributed by atoms with van der Waals surface area (Å²) in [6, 6.07) is 8.58. The Kier molecular flexibility index (Phi) is 17.0. The van der Waals surface area contributed by atoms with Crippen molar-refractivity contribution in [1.29, 1.82) is 0 Å². The first kappa shape index (κ1) is 42.0. The van der Waals surface area contributed by atoms with Crippen LogP contribution in [0.2, 0.25) is 0 Å². The van der Waals surface area contributed by atoms with Gasteiger partial charge in [-0.1, -0.05) is 71.4 Å². The van der Waals surface area contributed by atoms with Gasteiger partial charge in [0.1, 0.15) is 5.01 Å². The molecule has 0 bridgehead atoms. The van der Waals surface area contributed by atoms with Crippen LogP contribution in [0.4, 0.5) is 0 Å². The second-order valence-corrected chi connectivity index (χ2v) is 14.9. The molecule has 1 aromatic carbocycles. The summed E-state index contributed by atoms with van der Waals surface area (Å²) >= 11 is 1.50. The zero-order valence-corrected chi connectivity index (χ0v) is 32.7. The SMILES string of the molecule is CCC(C)[C@@H]([C@@H](CC(=O)N1CCC[C@H]1[C@H](OC)[C@@H](C)C(=O)N[C@@H](Cc1ccccc1)c1nccs1)OC)N(C)C(=O)CNC(=O)[C@@H](NC)C(C)C. The topological polar surface area (TPSA) is 142 Å². The van der Waals surface area contributed by atoms with Crippen molar-refractivity contribution in [2.75, 3.05) is 41.4 Å². The zero-order valence-electron chi connectivity index (χ0n) is 31.9. The highest BCUT2D eigenvalue weighted by molar-refractivity contribution is 7.09. The summed E-state index contributed by atoms with van der Waals surface area (Å²) < 4.78 is 11.9. The third kappa shape index (κ3) is 11.3. The van der Waals surface area contributed by atoms with E-state index in [4.69, 9.17) is 9.47 Å². The molecule has 1 aromatic heterocycles. The van der Waals surface area contributed by atoms with Gasteiger partial charge in [0.15, 0.2) is 0 Å². The summed E-state index contributed by atoms with van der Waals surface area (Å²) in [5.74, 6) is -1.24. The van der Waals surface area contributed by atoms with Crippen LogP contribution in [0, 0.1) is 17.8 Å². The quantitative estimate of drug-likeness (QED) is 0.187. The van der Waals surface area contributed by atoms with Crippen molar-refractivity contribution in [3.05, 3.63) is 52.5 Å². The van der Waals surface area contributed by atoms with Crippen LogP contribution in [0.15, 0.2) is 41.9 Å². The highest BCUT2D eigenvalue weighted by Crippen LogP contribution is 2.30. The van der Waals surface area contributed by atoms with Crippen LogP contribution in [-0.2, 0) is 35.1 Å². The lowest BCUT2D eigenvalue weighted by atomic mass is 9.90. The molecule has 0 aliphatic carbocycles. The van der Waals surface area contributed by atoms with Gasteiger partial charge in [0, 0.05) is 39.4 Å². The van der Waals surface area contributed by atoms with Gasteiger partial charge in [-0.05, 0) is 43.7 Å². The van der Waals surface area contributed by atoms with E-state index in [2.05, 4.69) is 20.9 Å². The van der Waals surface area contributed by atoms with E-state index in [1.165, 1.54) is 11.3 Å². The maximum atomic E-state index is 14.1. The molecule has 8 atom stereocenters. The van der Waals surface area contributed by atoms with Crippen LogP contribution >= 0.6 is 11.3 Å². The van der Waals surface area contributed by atoms with Gasteiger partial charge >= 0.3 is 0 Å². The number of aromatic nitrogens is 1. The van der Waals surface area contributed by atoms with Gasteiger partial charge in [0.05, 0.1) is 55.3 Å². The first-order chi connectivity index (χ1) is 24.4. The van der Waals surface area contributed by atoms with Crippen molar-refractivity contribution in [3.63, 3.8) is 0 Å². The fraction of sp³-hybridized carbons (Fsp3) is 0.658. The van der Waals surface area contributed by atoms with Crippen molar-refractivity contribution in [1.82, 2.24) is 30.7 Å². The monoisotopic (exact) mass is 728 g/mol. The zero-order chi connectivity index (χ0) is 37.7. The molecule has 1 aliphatic rings. The molecule has 284 valence electrons. The molecule has 2 aromatic rings.